The monoisotopic (exact) mass is 573 g/mol. The highest BCUT2D eigenvalue weighted by atomic mass is 35.5. The summed E-state index contributed by atoms with van der Waals surface area (Å²) in [5, 5.41) is 18.2. The number of aromatic nitrogens is 1. The molecule has 1 aliphatic rings. The average Bonchev–Trinajstić information content (AvgIpc) is 3.04. The fraction of sp³-hybridized carbons (Fsp3) is 0.114. The molecule has 1 unspecified atom stereocenters. The zero-order valence-electron chi connectivity index (χ0n) is 22.7. The van der Waals surface area contributed by atoms with Crippen LogP contribution in [0, 0.1) is 0 Å². The Kier molecular flexibility index (Phi) is 7.82. The quantitative estimate of drug-likeness (QED) is 0.118. The van der Waals surface area contributed by atoms with E-state index in [2.05, 4.69) is 58.8 Å². The van der Waals surface area contributed by atoms with Gasteiger partial charge in [-0.3, -0.25) is 19.8 Å². The largest absolute Gasteiger partial charge is 0.349 e. The van der Waals surface area contributed by atoms with Crippen LogP contribution in [0.4, 0.5) is 0 Å². The Morgan fingerprint density at radius 3 is 2.43 bits per heavy atom. The van der Waals surface area contributed by atoms with Crippen molar-refractivity contribution in [1.82, 2.24) is 15.8 Å². The lowest BCUT2D eigenvalue weighted by Crippen LogP contribution is -2.38. The maximum Gasteiger partial charge on any atom is 0.274 e. The molecule has 7 heteroatoms. The molecule has 42 heavy (non-hydrogen) atoms. The van der Waals surface area contributed by atoms with Gasteiger partial charge in [0.05, 0.1) is 5.52 Å². The van der Waals surface area contributed by atoms with E-state index in [9.17, 15) is 9.59 Å². The second-order valence-electron chi connectivity index (χ2n) is 10.4. The van der Waals surface area contributed by atoms with Gasteiger partial charge in [-0.15, -0.1) is 0 Å². The van der Waals surface area contributed by atoms with E-state index >= 15 is 0 Å². The Bertz CT molecular complexity index is 1960. The molecule has 1 aliphatic carbocycles. The third-order valence-corrected chi connectivity index (χ3v) is 7.97. The van der Waals surface area contributed by atoms with Crippen molar-refractivity contribution in [3.8, 4) is 0 Å². The number of hydrogen-bond acceptors (Lipinski definition) is 4. The minimum atomic E-state index is -0.518. The maximum absolute atomic E-state index is 12.6. The molecule has 1 heterocycles. The predicted molar refractivity (Wildman–Crippen MR) is 167 cm³/mol. The molecular formula is C35H28ClN3O3. The molecule has 3 N–H and O–H groups in total. The first-order valence-corrected chi connectivity index (χ1v) is 14.2. The molecule has 0 bridgehead atoms. The second kappa shape index (κ2) is 12.0. The third-order valence-electron chi connectivity index (χ3n) is 7.74. The fourth-order valence-electron chi connectivity index (χ4n) is 5.65. The number of benzene rings is 5. The highest BCUT2D eigenvalue weighted by Gasteiger charge is 2.23. The molecule has 0 radical (unpaired) electrons. The zero-order chi connectivity index (χ0) is 29.1. The number of carbonyl (C=O) groups excluding carboxylic acids is 2. The molecule has 1 aromatic heterocycles. The summed E-state index contributed by atoms with van der Waals surface area (Å²) in [4.78, 5) is 27.8. The van der Waals surface area contributed by atoms with Crippen molar-refractivity contribution >= 4 is 55.9 Å². The number of rotatable bonds is 3. The smallest absolute Gasteiger partial charge is 0.274 e. The summed E-state index contributed by atoms with van der Waals surface area (Å²) in [6.45, 7) is 0. The molecule has 0 aliphatic heterocycles. The van der Waals surface area contributed by atoms with Crippen LogP contribution in [0.5, 0.6) is 0 Å². The van der Waals surface area contributed by atoms with Gasteiger partial charge in [-0.05, 0) is 94.4 Å². The summed E-state index contributed by atoms with van der Waals surface area (Å²) < 4.78 is 0. The lowest BCUT2D eigenvalue weighted by molar-refractivity contribution is 0.0706. The number of hydroxylamine groups is 1. The Morgan fingerprint density at radius 1 is 0.762 bits per heavy atom. The Morgan fingerprint density at radius 2 is 1.57 bits per heavy atom. The molecule has 6 nitrogen and oxygen atoms in total. The van der Waals surface area contributed by atoms with Gasteiger partial charge in [0.25, 0.3) is 11.8 Å². The molecule has 7 rings (SSSR count). The molecule has 6 aromatic rings. The summed E-state index contributed by atoms with van der Waals surface area (Å²) in [5.74, 6) is -0.572. The number of carbonyl (C=O) groups is 2. The first-order chi connectivity index (χ1) is 20.5. The molecule has 0 saturated carbocycles. The zero-order valence-corrected chi connectivity index (χ0v) is 23.4. The van der Waals surface area contributed by atoms with Gasteiger partial charge < -0.3 is 5.32 Å². The van der Waals surface area contributed by atoms with E-state index in [0.717, 1.165) is 30.2 Å². The Balaban J connectivity index is 0.000000189. The van der Waals surface area contributed by atoms with Crippen molar-refractivity contribution in [2.45, 2.75) is 25.3 Å². The van der Waals surface area contributed by atoms with Gasteiger partial charge in [-0.25, -0.2) is 5.48 Å². The lowest BCUT2D eigenvalue weighted by atomic mass is 9.84. The summed E-state index contributed by atoms with van der Waals surface area (Å²) in [7, 11) is 0. The van der Waals surface area contributed by atoms with E-state index in [4.69, 9.17) is 16.8 Å². The molecule has 208 valence electrons. The number of amides is 2. The van der Waals surface area contributed by atoms with Crippen molar-refractivity contribution in [1.29, 1.82) is 0 Å². The van der Waals surface area contributed by atoms with Crippen LogP contribution in [-0.4, -0.2) is 28.0 Å². The van der Waals surface area contributed by atoms with Gasteiger partial charge in [0.2, 0.25) is 0 Å². The van der Waals surface area contributed by atoms with Gasteiger partial charge in [0.1, 0.15) is 0 Å². The summed E-state index contributed by atoms with van der Waals surface area (Å²) >= 11 is 6.03. The van der Waals surface area contributed by atoms with Gasteiger partial charge in [0.15, 0.2) is 0 Å². The second-order valence-corrected chi connectivity index (χ2v) is 10.8. The van der Waals surface area contributed by atoms with Crippen molar-refractivity contribution in [2.24, 2.45) is 0 Å². The summed E-state index contributed by atoms with van der Waals surface area (Å²) in [6, 6.07) is 33.4. The van der Waals surface area contributed by atoms with Gasteiger partial charge >= 0.3 is 0 Å². The van der Waals surface area contributed by atoms with Crippen LogP contribution in [0.25, 0.3) is 32.4 Å². The number of nitrogens with zero attached hydrogens (tertiary/aromatic N) is 1. The van der Waals surface area contributed by atoms with Crippen LogP contribution in [0.3, 0.4) is 0 Å². The number of aryl methyl sites for hydroxylation is 1. The molecule has 0 saturated heterocycles. The topological polar surface area (TPSA) is 91.3 Å². The lowest BCUT2D eigenvalue weighted by Gasteiger charge is -2.27. The molecular weight excluding hydrogens is 546 g/mol. The first kappa shape index (κ1) is 27.4. The van der Waals surface area contributed by atoms with Crippen molar-refractivity contribution in [3.05, 3.63) is 137 Å². The van der Waals surface area contributed by atoms with E-state index in [1.54, 1.807) is 54.1 Å². The summed E-state index contributed by atoms with van der Waals surface area (Å²) in [6.07, 6.45) is 4.49. The molecule has 0 spiro atoms. The maximum atomic E-state index is 12.6. The fourth-order valence-corrected chi connectivity index (χ4v) is 5.84. The SMILES string of the molecule is O=C(NC1CCc2ccc3c(ccc4ccccc43)c2C1)c1cccc(Cl)c1.O=C(NO)c1ccc2ncccc2c1. The van der Waals surface area contributed by atoms with E-state index in [1.165, 1.54) is 32.7 Å². The Hall–Kier alpha value is -4.78. The van der Waals surface area contributed by atoms with Crippen LogP contribution in [0.1, 0.15) is 38.3 Å². The van der Waals surface area contributed by atoms with Crippen molar-refractivity contribution in [3.63, 3.8) is 0 Å². The number of hydrogen-bond donors (Lipinski definition) is 3. The van der Waals surface area contributed by atoms with Gasteiger partial charge in [-0.2, -0.15) is 0 Å². The van der Waals surface area contributed by atoms with Gasteiger partial charge in [-0.1, -0.05) is 72.3 Å². The van der Waals surface area contributed by atoms with Crippen LogP contribution < -0.4 is 10.8 Å². The third kappa shape index (κ3) is 5.68. The number of pyridine rings is 1. The predicted octanol–water partition coefficient (Wildman–Crippen LogP) is 7.29. The van der Waals surface area contributed by atoms with Crippen LogP contribution in [-0.2, 0) is 12.8 Å². The molecule has 1 atom stereocenters. The molecule has 5 aromatic carbocycles. The van der Waals surface area contributed by atoms with E-state index in [1.807, 2.05) is 12.1 Å². The van der Waals surface area contributed by atoms with E-state index < -0.39 is 5.91 Å². The van der Waals surface area contributed by atoms with E-state index in [0.29, 0.717) is 16.1 Å². The Labute approximate surface area is 247 Å². The number of nitrogens with one attached hydrogen (secondary N) is 2. The van der Waals surface area contributed by atoms with Gasteiger partial charge in [0, 0.05) is 33.8 Å². The minimum Gasteiger partial charge on any atom is -0.349 e. The number of halogens is 1. The average molecular weight is 574 g/mol. The van der Waals surface area contributed by atoms with Crippen molar-refractivity contribution in [2.75, 3.05) is 0 Å². The molecule has 0 fully saturated rings. The first-order valence-electron chi connectivity index (χ1n) is 13.8. The van der Waals surface area contributed by atoms with Crippen LogP contribution >= 0.6 is 11.6 Å². The standard InChI is InChI=1S/C25H20ClNO.C10H8N2O2/c26-19-6-3-5-18(14-19)25(28)27-20-11-8-17-10-12-22-21-7-2-1-4-16(21)9-13-23(22)24(17)15-20;13-10(12-14)8-3-4-9-7(6-8)2-1-5-11-9/h1-7,9-10,12-14,20H,8,11,15H2,(H,27,28);1-6,14H,(H,12,13). The normalized spacial score (nSPS) is 14.1. The highest BCUT2D eigenvalue weighted by Crippen LogP contribution is 2.33. The summed E-state index contributed by atoms with van der Waals surface area (Å²) in [5.41, 5.74) is 6.20. The molecule has 2 amide bonds. The van der Waals surface area contributed by atoms with Crippen molar-refractivity contribution < 1.29 is 14.8 Å². The highest BCUT2D eigenvalue weighted by molar-refractivity contribution is 6.31. The van der Waals surface area contributed by atoms with Crippen LogP contribution in [0.15, 0.2) is 109 Å². The van der Waals surface area contributed by atoms with E-state index in [-0.39, 0.29) is 11.9 Å². The van der Waals surface area contributed by atoms with Crippen LogP contribution in [0.2, 0.25) is 5.02 Å². The number of fused-ring (bicyclic) bond motifs is 6. The minimum absolute atomic E-state index is 0.0540.